The Balaban J connectivity index is 2.16. The first-order valence-corrected chi connectivity index (χ1v) is 9.75. The van der Waals surface area contributed by atoms with Crippen molar-refractivity contribution in [2.45, 2.75) is 32.4 Å². The summed E-state index contributed by atoms with van der Waals surface area (Å²) in [5, 5.41) is 2.64. The van der Waals surface area contributed by atoms with Crippen LogP contribution in [0.3, 0.4) is 0 Å². The minimum Gasteiger partial charge on any atom is -0.451 e. The molecule has 1 aromatic carbocycles. The van der Waals surface area contributed by atoms with Crippen LogP contribution in [0.4, 0.5) is 0 Å². The number of amides is 3. The van der Waals surface area contributed by atoms with Gasteiger partial charge in [-0.3, -0.25) is 19.3 Å². The number of hydrogen-bond acceptors (Lipinski definition) is 6. The highest BCUT2D eigenvalue weighted by Crippen LogP contribution is 2.26. The molecule has 2 rings (SSSR count). The minimum absolute atomic E-state index is 0.188. The van der Waals surface area contributed by atoms with Crippen molar-refractivity contribution in [2.75, 3.05) is 18.6 Å². The van der Waals surface area contributed by atoms with E-state index in [1.165, 1.54) is 18.7 Å². The highest BCUT2D eigenvalue weighted by atomic mass is 32.2. The van der Waals surface area contributed by atoms with Crippen molar-refractivity contribution in [2.24, 2.45) is 0 Å². The molecule has 0 unspecified atom stereocenters. The third-order valence-electron chi connectivity index (χ3n) is 3.95. The van der Waals surface area contributed by atoms with Crippen molar-refractivity contribution in [1.29, 1.82) is 0 Å². The first-order chi connectivity index (χ1) is 12.4. The number of imide groups is 1. The van der Waals surface area contributed by atoms with Crippen molar-refractivity contribution in [1.82, 2.24) is 10.2 Å². The van der Waals surface area contributed by atoms with Crippen LogP contribution in [-0.4, -0.2) is 59.3 Å². The van der Waals surface area contributed by atoms with Crippen LogP contribution in [-0.2, 0) is 14.3 Å². The van der Waals surface area contributed by atoms with E-state index in [-0.39, 0.29) is 16.9 Å². The van der Waals surface area contributed by atoms with Crippen LogP contribution in [0.25, 0.3) is 0 Å². The van der Waals surface area contributed by atoms with Crippen molar-refractivity contribution < 1.29 is 23.9 Å². The Bertz CT molecular complexity index is 686. The van der Waals surface area contributed by atoms with Gasteiger partial charge in [0.15, 0.2) is 6.10 Å². The van der Waals surface area contributed by atoms with Crippen molar-refractivity contribution in [3.8, 4) is 0 Å². The molecule has 8 heteroatoms. The molecule has 0 radical (unpaired) electrons. The Kier molecular flexibility index (Phi) is 6.79. The van der Waals surface area contributed by atoms with E-state index < -0.39 is 35.8 Å². The van der Waals surface area contributed by atoms with Crippen LogP contribution in [0, 0.1) is 0 Å². The molecule has 0 fully saturated rings. The molecule has 1 aliphatic heterocycles. The van der Waals surface area contributed by atoms with Gasteiger partial charge < -0.3 is 10.1 Å². The number of benzene rings is 1. The van der Waals surface area contributed by atoms with Gasteiger partial charge in [0.05, 0.1) is 11.1 Å². The Labute approximate surface area is 156 Å². The second-order valence-corrected chi connectivity index (χ2v) is 6.78. The summed E-state index contributed by atoms with van der Waals surface area (Å²) in [6.07, 6.45) is 1.51. The predicted molar refractivity (Wildman–Crippen MR) is 98.0 cm³/mol. The summed E-state index contributed by atoms with van der Waals surface area (Å²) in [7, 11) is 0. The lowest BCUT2D eigenvalue weighted by Gasteiger charge is -2.25. The standard InChI is InChI=1S/C18H22N2O5S/c1-4-9-19-15(21)11(2)25-18(24)14(10-26-3)20-16(22)12-7-5-6-8-13(12)17(20)23/h5-8,11,14H,4,9-10H2,1-3H3,(H,19,21)/t11-,14-/m0/s1. The largest absolute Gasteiger partial charge is 0.451 e. The van der Waals surface area contributed by atoms with Gasteiger partial charge in [0.1, 0.15) is 6.04 Å². The molecule has 0 aliphatic carbocycles. The van der Waals surface area contributed by atoms with Crippen LogP contribution < -0.4 is 5.32 Å². The molecule has 0 aromatic heterocycles. The fourth-order valence-corrected chi connectivity index (χ4v) is 3.20. The lowest BCUT2D eigenvalue weighted by atomic mass is 10.1. The van der Waals surface area contributed by atoms with Crippen LogP contribution in [0.5, 0.6) is 0 Å². The minimum atomic E-state index is -1.08. The summed E-state index contributed by atoms with van der Waals surface area (Å²) >= 11 is 1.31. The molecule has 26 heavy (non-hydrogen) atoms. The van der Waals surface area contributed by atoms with Gasteiger partial charge in [0, 0.05) is 12.3 Å². The number of fused-ring (bicyclic) bond motifs is 1. The predicted octanol–water partition coefficient (Wildman–Crippen LogP) is 1.47. The van der Waals surface area contributed by atoms with E-state index in [9.17, 15) is 19.2 Å². The normalized spacial score (nSPS) is 15.4. The number of nitrogens with zero attached hydrogens (tertiary/aromatic N) is 1. The number of hydrogen-bond donors (Lipinski definition) is 1. The van der Waals surface area contributed by atoms with Crippen LogP contribution in [0.15, 0.2) is 24.3 Å². The van der Waals surface area contributed by atoms with Crippen molar-refractivity contribution >= 4 is 35.5 Å². The number of thioether (sulfide) groups is 1. The van der Waals surface area contributed by atoms with Crippen molar-refractivity contribution in [3.05, 3.63) is 35.4 Å². The summed E-state index contributed by atoms with van der Waals surface area (Å²) < 4.78 is 5.22. The molecular weight excluding hydrogens is 356 g/mol. The summed E-state index contributed by atoms with van der Waals surface area (Å²) in [6.45, 7) is 3.85. The molecule has 1 aliphatic rings. The van der Waals surface area contributed by atoms with Gasteiger partial charge in [0.2, 0.25) is 0 Å². The molecule has 1 heterocycles. The van der Waals surface area contributed by atoms with E-state index in [4.69, 9.17) is 4.74 Å². The lowest BCUT2D eigenvalue weighted by molar-refractivity contribution is -0.157. The molecular formula is C18H22N2O5S. The topological polar surface area (TPSA) is 92.8 Å². The number of ether oxygens (including phenoxy) is 1. The monoisotopic (exact) mass is 378 g/mol. The van der Waals surface area contributed by atoms with Gasteiger partial charge in [-0.15, -0.1) is 0 Å². The zero-order chi connectivity index (χ0) is 19.3. The zero-order valence-corrected chi connectivity index (χ0v) is 15.8. The molecule has 0 saturated heterocycles. The van der Waals surface area contributed by atoms with Crippen LogP contribution >= 0.6 is 11.8 Å². The summed E-state index contributed by atoms with van der Waals surface area (Å²) in [5.74, 6) is -2.04. The van der Waals surface area contributed by atoms with Gasteiger partial charge in [0.25, 0.3) is 17.7 Å². The zero-order valence-electron chi connectivity index (χ0n) is 15.0. The Morgan fingerprint density at radius 1 is 1.19 bits per heavy atom. The first-order valence-electron chi connectivity index (χ1n) is 8.36. The quantitative estimate of drug-likeness (QED) is 0.544. The Morgan fingerprint density at radius 2 is 1.77 bits per heavy atom. The molecule has 2 atom stereocenters. The van der Waals surface area contributed by atoms with Crippen LogP contribution in [0.2, 0.25) is 0 Å². The first kappa shape index (κ1) is 20.0. The highest BCUT2D eigenvalue weighted by molar-refractivity contribution is 7.98. The average molecular weight is 378 g/mol. The molecule has 140 valence electrons. The second-order valence-electron chi connectivity index (χ2n) is 5.87. The van der Waals surface area contributed by atoms with Gasteiger partial charge in [-0.2, -0.15) is 11.8 Å². The number of carbonyl (C=O) groups excluding carboxylic acids is 4. The summed E-state index contributed by atoms with van der Waals surface area (Å²) in [6, 6.07) is 5.35. The third kappa shape index (κ3) is 4.07. The number of nitrogens with one attached hydrogen (secondary N) is 1. The van der Waals surface area contributed by atoms with Gasteiger partial charge in [-0.1, -0.05) is 19.1 Å². The molecule has 1 aromatic rings. The van der Waals surface area contributed by atoms with E-state index in [2.05, 4.69) is 5.32 Å². The van der Waals surface area contributed by atoms with E-state index in [0.29, 0.717) is 6.54 Å². The molecule has 0 spiro atoms. The van der Waals surface area contributed by atoms with Gasteiger partial charge >= 0.3 is 5.97 Å². The SMILES string of the molecule is CCCNC(=O)[C@H](C)OC(=O)[C@H](CSC)N1C(=O)c2ccccc2C1=O. The maximum absolute atomic E-state index is 12.6. The average Bonchev–Trinajstić information content (AvgIpc) is 2.88. The fourth-order valence-electron chi connectivity index (χ4n) is 2.60. The highest BCUT2D eigenvalue weighted by Gasteiger charge is 2.43. The van der Waals surface area contributed by atoms with Crippen molar-refractivity contribution in [3.63, 3.8) is 0 Å². The fraction of sp³-hybridized carbons (Fsp3) is 0.444. The van der Waals surface area contributed by atoms with E-state index in [0.717, 1.165) is 11.3 Å². The number of esters is 1. The Morgan fingerprint density at radius 3 is 2.27 bits per heavy atom. The van der Waals surface area contributed by atoms with Gasteiger partial charge in [-0.05, 0) is 31.7 Å². The molecule has 0 bridgehead atoms. The van der Waals surface area contributed by atoms with Gasteiger partial charge in [-0.25, -0.2) is 4.79 Å². The lowest BCUT2D eigenvalue weighted by Crippen LogP contribution is -2.49. The number of rotatable bonds is 8. The van der Waals surface area contributed by atoms with E-state index in [1.54, 1.807) is 30.5 Å². The molecule has 0 saturated carbocycles. The second kappa shape index (κ2) is 8.84. The molecule has 3 amide bonds. The van der Waals surface area contributed by atoms with Crippen LogP contribution in [0.1, 0.15) is 41.0 Å². The Hall–Kier alpha value is -2.35. The molecule has 7 nitrogen and oxygen atoms in total. The van der Waals surface area contributed by atoms with E-state index in [1.807, 2.05) is 6.92 Å². The molecule has 1 N–H and O–H groups in total. The maximum Gasteiger partial charge on any atom is 0.331 e. The summed E-state index contributed by atoms with van der Waals surface area (Å²) in [5.41, 5.74) is 0.537. The smallest absolute Gasteiger partial charge is 0.331 e. The number of carbonyl (C=O) groups is 4. The third-order valence-corrected chi connectivity index (χ3v) is 4.59. The maximum atomic E-state index is 12.6. The van der Waals surface area contributed by atoms with E-state index >= 15 is 0 Å². The summed E-state index contributed by atoms with van der Waals surface area (Å²) in [4.78, 5) is 50.6.